The number of rotatable bonds is 7. The predicted molar refractivity (Wildman–Crippen MR) is 138 cm³/mol. The molecule has 2 N–H and O–H groups in total. The molecule has 4 aromatic rings. The third-order valence-corrected chi connectivity index (χ3v) is 5.57. The number of benzene rings is 3. The predicted octanol–water partition coefficient (Wildman–Crippen LogP) is 7.35. The van der Waals surface area contributed by atoms with Crippen molar-refractivity contribution in [3.05, 3.63) is 89.5 Å². The maximum atomic E-state index is 12.3. The Morgan fingerprint density at radius 3 is 2.38 bits per heavy atom. The summed E-state index contributed by atoms with van der Waals surface area (Å²) in [4.78, 5) is 16.6. The SMILES string of the molecule is Cc1cccc(C)c1NC(=O)NS/N=C/c1ccc2nc(Oc3ccc(OC(F)(F)F)cc3)ccc2c1. The highest BCUT2D eigenvalue weighted by Crippen LogP contribution is 2.28. The zero-order valence-corrected chi connectivity index (χ0v) is 20.5. The fourth-order valence-corrected chi connectivity index (χ4v) is 3.76. The molecule has 0 bridgehead atoms. The molecule has 0 aliphatic carbocycles. The highest BCUT2D eigenvalue weighted by atomic mass is 32.2. The van der Waals surface area contributed by atoms with Gasteiger partial charge in [-0.3, -0.25) is 4.72 Å². The average Bonchev–Trinajstić information content (AvgIpc) is 2.84. The van der Waals surface area contributed by atoms with E-state index in [1.807, 2.05) is 44.2 Å². The Morgan fingerprint density at radius 2 is 1.68 bits per heavy atom. The Hall–Kier alpha value is -4.25. The summed E-state index contributed by atoms with van der Waals surface area (Å²) in [6, 6.07) is 19.4. The maximum absolute atomic E-state index is 12.3. The minimum absolute atomic E-state index is 0.285. The van der Waals surface area contributed by atoms with Crippen molar-refractivity contribution >= 4 is 41.0 Å². The standard InChI is InChI=1S/C26H21F3N4O3S/c1-16-4-3-5-17(2)24(16)32-25(34)33-37-30-15-18-6-12-22-19(14-18)7-13-23(31-22)35-20-8-10-21(11-9-20)36-26(27,28)29/h3-15H,1-2H3,(H2,32,33,34)/b30-15+. The summed E-state index contributed by atoms with van der Waals surface area (Å²) >= 11 is 0.901. The molecular formula is C26H21F3N4O3S. The Balaban J connectivity index is 1.33. The lowest BCUT2D eigenvalue weighted by Gasteiger charge is -2.10. The van der Waals surface area contributed by atoms with Crippen molar-refractivity contribution in [2.45, 2.75) is 20.2 Å². The number of halogens is 3. The van der Waals surface area contributed by atoms with Crippen molar-refractivity contribution in [2.24, 2.45) is 4.40 Å². The first-order chi connectivity index (χ1) is 17.7. The van der Waals surface area contributed by atoms with Crippen molar-refractivity contribution in [3.63, 3.8) is 0 Å². The number of para-hydroxylation sites is 1. The van der Waals surface area contributed by atoms with Gasteiger partial charge < -0.3 is 14.8 Å². The van der Waals surface area contributed by atoms with Crippen LogP contribution in [0.3, 0.4) is 0 Å². The molecule has 3 aromatic carbocycles. The van der Waals surface area contributed by atoms with Crippen molar-refractivity contribution < 1.29 is 27.4 Å². The number of pyridine rings is 1. The molecule has 4 rings (SSSR count). The van der Waals surface area contributed by atoms with E-state index in [-0.39, 0.29) is 17.7 Å². The van der Waals surface area contributed by atoms with Gasteiger partial charge in [-0.25, -0.2) is 14.2 Å². The minimum atomic E-state index is -4.75. The molecule has 0 unspecified atom stereocenters. The number of hydrogen-bond acceptors (Lipinski definition) is 6. The van der Waals surface area contributed by atoms with Gasteiger partial charge in [0.05, 0.1) is 17.7 Å². The average molecular weight is 527 g/mol. The van der Waals surface area contributed by atoms with E-state index in [4.69, 9.17) is 4.74 Å². The Kier molecular flexibility index (Phi) is 7.83. The van der Waals surface area contributed by atoms with Crippen LogP contribution in [0, 0.1) is 13.8 Å². The highest BCUT2D eigenvalue weighted by molar-refractivity contribution is 7.96. The number of aryl methyl sites for hydroxylation is 2. The molecule has 0 saturated heterocycles. The van der Waals surface area contributed by atoms with E-state index < -0.39 is 6.36 Å². The number of carbonyl (C=O) groups is 1. The summed E-state index contributed by atoms with van der Waals surface area (Å²) in [5.74, 6) is 0.264. The van der Waals surface area contributed by atoms with E-state index in [0.29, 0.717) is 11.3 Å². The molecule has 37 heavy (non-hydrogen) atoms. The van der Waals surface area contributed by atoms with Gasteiger partial charge >= 0.3 is 12.4 Å². The second-order valence-electron chi connectivity index (χ2n) is 7.87. The quantitative estimate of drug-likeness (QED) is 0.194. The van der Waals surface area contributed by atoms with Crippen LogP contribution in [-0.4, -0.2) is 23.6 Å². The summed E-state index contributed by atoms with van der Waals surface area (Å²) in [5, 5.41) is 3.65. The molecule has 11 heteroatoms. The van der Waals surface area contributed by atoms with Crippen molar-refractivity contribution in [3.8, 4) is 17.4 Å². The van der Waals surface area contributed by atoms with E-state index in [2.05, 4.69) is 24.2 Å². The topological polar surface area (TPSA) is 84.8 Å². The van der Waals surface area contributed by atoms with E-state index in [1.165, 1.54) is 12.1 Å². The largest absolute Gasteiger partial charge is 0.573 e. The molecule has 7 nitrogen and oxygen atoms in total. The normalized spacial score (nSPS) is 11.5. The van der Waals surface area contributed by atoms with Gasteiger partial charge in [-0.1, -0.05) is 24.3 Å². The monoisotopic (exact) mass is 526 g/mol. The summed E-state index contributed by atoms with van der Waals surface area (Å²) < 4.78 is 53.1. The second-order valence-corrected chi connectivity index (χ2v) is 8.47. The van der Waals surface area contributed by atoms with E-state index in [1.54, 1.807) is 24.4 Å². The number of aromatic nitrogens is 1. The molecule has 190 valence electrons. The van der Waals surface area contributed by atoms with E-state index in [0.717, 1.165) is 52.0 Å². The number of hydrogen-bond donors (Lipinski definition) is 2. The van der Waals surface area contributed by atoms with Crippen LogP contribution in [0.5, 0.6) is 17.4 Å². The van der Waals surface area contributed by atoms with Crippen LogP contribution in [-0.2, 0) is 0 Å². The summed E-state index contributed by atoms with van der Waals surface area (Å²) in [5.41, 5.74) is 4.16. The molecule has 1 heterocycles. The first-order valence-corrected chi connectivity index (χ1v) is 11.7. The molecular weight excluding hydrogens is 505 g/mol. The third kappa shape index (κ3) is 7.37. The smallest absolute Gasteiger partial charge is 0.439 e. The van der Waals surface area contributed by atoms with Gasteiger partial charge in [0, 0.05) is 23.4 Å². The molecule has 2 amide bonds. The fourth-order valence-electron chi connectivity index (χ4n) is 3.40. The molecule has 0 saturated carbocycles. The van der Waals surface area contributed by atoms with E-state index in [9.17, 15) is 18.0 Å². The Morgan fingerprint density at radius 1 is 0.973 bits per heavy atom. The molecule has 0 atom stereocenters. The van der Waals surface area contributed by atoms with Gasteiger partial charge in [-0.2, -0.15) is 0 Å². The van der Waals surface area contributed by atoms with Gasteiger partial charge in [-0.15, -0.1) is 13.2 Å². The number of fused-ring (bicyclic) bond motifs is 1. The summed E-state index contributed by atoms with van der Waals surface area (Å²) in [6.07, 6.45) is -3.14. The number of amides is 2. The van der Waals surface area contributed by atoms with Gasteiger partial charge in [0.2, 0.25) is 5.88 Å². The zero-order chi connectivity index (χ0) is 26.4. The molecule has 1 aromatic heterocycles. The third-order valence-electron chi connectivity index (χ3n) is 5.08. The Bertz CT molecular complexity index is 1420. The number of alkyl halides is 3. The van der Waals surface area contributed by atoms with Crippen LogP contribution < -0.4 is 19.5 Å². The van der Waals surface area contributed by atoms with Crippen LogP contribution >= 0.6 is 12.1 Å². The molecule has 0 fully saturated rings. The lowest BCUT2D eigenvalue weighted by molar-refractivity contribution is -0.274. The molecule has 0 radical (unpaired) electrons. The number of carbonyl (C=O) groups excluding carboxylic acids is 1. The number of anilines is 1. The lowest BCUT2D eigenvalue weighted by atomic mass is 10.1. The van der Waals surface area contributed by atoms with Crippen molar-refractivity contribution in [1.82, 2.24) is 9.71 Å². The fraction of sp³-hybridized carbons (Fsp3) is 0.115. The van der Waals surface area contributed by atoms with Gasteiger partial charge in [0.1, 0.15) is 11.5 Å². The minimum Gasteiger partial charge on any atom is -0.439 e. The van der Waals surface area contributed by atoms with Crippen LogP contribution in [0.15, 0.2) is 77.2 Å². The Labute approximate surface area is 215 Å². The van der Waals surface area contributed by atoms with Crippen LogP contribution in [0.4, 0.5) is 23.7 Å². The number of nitrogens with zero attached hydrogens (tertiary/aromatic N) is 2. The second kappa shape index (κ2) is 11.2. The highest BCUT2D eigenvalue weighted by Gasteiger charge is 2.31. The van der Waals surface area contributed by atoms with Crippen LogP contribution in [0.1, 0.15) is 16.7 Å². The zero-order valence-electron chi connectivity index (χ0n) is 19.7. The number of nitrogens with one attached hydrogen (secondary N) is 2. The lowest BCUT2D eigenvalue weighted by Crippen LogP contribution is -2.23. The first kappa shape index (κ1) is 25.8. The van der Waals surface area contributed by atoms with Crippen molar-refractivity contribution in [2.75, 3.05) is 5.32 Å². The first-order valence-electron chi connectivity index (χ1n) is 10.9. The van der Waals surface area contributed by atoms with Gasteiger partial charge in [0.15, 0.2) is 0 Å². The molecule has 0 spiro atoms. The number of ether oxygens (including phenoxy) is 2. The van der Waals surface area contributed by atoms with E-state index >= 15 is 0 Å². The van der Waals surface area contributed by atoms with Crippen LogP contribution in [0.25, 0.3) is 10.9 Å². The maximum Gasteiger partial charge on any atom is 0.573 e. The molecule has 0 aliphatic heterocycles. The van der Waals surface area contributed by atoms with Crippen molar-refractivity contribution in [1.29, 1.82) is 0 Å². The van der Waals surface area contributed by atoms with Gasteiger partial charge in [0.25, 0.3) is 0 Å². The summed E-state index contributed by atoms with van der Waals surface area (Å²) in [7, 11) is 0. The van der Waals surface area contributed by atoms with Gasteiger partial charge in [-0.05, 0) is 73.0 Å². The van der Waals surface area contributed by atoms with Crippen LogP contribution in [0.2, 0.25) is 0 Å². The number of urea groups is 1. The summed E-state index contributed by atoms with van der Waals surface area (Å²) in [6.45, 7) is 3.85. The molecule has 0 aliphatic rings.